The maximum atomic E-state index is 11.3. The van der Waals surface area contributed by atoms with E-state index in [1.807, 2.05) is 6.07 Å². The fourth-order valence-electron chi connectivity index (χ4n) is 1.47. The summed E-state index contributed by atoms with van der Waals surface area (Å²) >= 11 is 0. The standard InChI is InChI=1S/C9H11N3O/c10-4-1-5-12-9(13)6-8(11-12)7-2-3-7/h7H,1-3,5-6H2. The van der Waals surface area contributed by atoms with Crippen LogP contribution in [0.15, 0.2) is 5.10 Å². The Balaban J connectivity index is 1.95. The molecule has 0 unspecified atom stereocenters. The van der Waals surface area contributed by atoms with Crippen molar-refractivity contribution in [3.63, 3.8) is 0 Å². The molecule has 0 N–H and O–H groups in total. The van der Waals surface area contributed by atoms with E-state index < -0.39 is 0 Å². The molecule has 0 saturated heterocycles. The summed E-state index contributed by atoms with van der Waals surface area (Å²) in [5.74, 6) is 0.619. The lowest BCUT2D eigenvalue weighted by molar-refractivity contribution is -0.128. The Hall–Kier alpha value is -1.37. The lowest BCUT2D eigenvalue weighted by Gasteiger charge is -2.07. The van der Waals surface area contributed by atoms with Crippen LogP contribution in [0.1, 0.15) is 25.7 Å². The number of amides is 1. The SMILES string of the molecule is N#CCCN1N=C(C2CC2)CC1=O. The molecule has 0 spiro atoms. The summed E-state index contributed by atoms with van der Waals surface area (Å²) in [4.78, 5) is 11.3. The van der Waals surface area contributed by atoms with Crippen LogP contribution in [0.4, 0.5) is 0 Å². The van der Waals surface area contributed by atoms with Crippen molar-refractivity contribution in [2.45, 2.75) is 25.7 Å². The maximum absolute atomic E-state index is 11.3. The number of nitriles is 1. The monoisotopic (exact) mass is 177 g/mol. The van der Waals surface area contributed by atoms with Crippen molar-refractivity contribution in [2.75, 3.05) is 6.54 Å². The normalized spacial score (nSPS) is 21.6. The first-order valence-electron chi connectivity index (χ1n) is 4.56. The Kier molecular flexibility index (Phi) is 2.01. The zero-order chi connectivity index (χ0) is 9.26. The second-order valence-electron chi connectivity index (χ2n) is 3.47. The first kappa shape index (κ1) is 8.24. The molecule has 4 nitrogen and oxygen atoms in total. The molecule has 1 amide bonds. The zero-order valence-electron chi connectivity index (χ0n) is 7.36. The molecule has 68 valence electrons. The predicted molar refractivity (Wildman–Crippen MR) is 46.7 cm³/mol. The van der Waals surface area contributed by atoms with Crippen LogP contribution in [0.2, 0.25) is 0 Å². The highest BCUT2D eigenvalue weighted by Crippen LogP contribution is 2.34. The van der Waals surface area contributed by atoms with Gasteiger partial charge < -0.3 is 0 Å². The van der Waals surface area contributed by atoms with Gasteiger partial charge in [-0.1, -0.05) is 0 Å². The highest BCUT2D eigenvalue weighted by molar-refractivity contribution is 6.06. The minimum absolute atomic E-state index is 0.0529. The third kappa shape index (κ3) is 1.69. The third-order valence-corrected chi connectivity index (χ3v) is 2.35. The van der Waals surface area contributed by atoms with Crippen molar-refractivity contribution >= 4 is 11.6 Å². The molecule has 2 rings (SSSR count). The number of rotatable bonds is 3. The summed E-state index contributed by atoms with van der Waals surface area (Å²) < 4.78 is 0. The molecule has 0 bridgehead atoms. The zero-order valence-corrected chi connectivity index (χ0v) is 7.36. The molecule has 1 saturated carbocycles. The first-order valence-corrected chi connectivity index (χ1v) is 4.56. The van der Waals surface area contributed by atoms with Crippen molar-refractivity contribution in [3.8, 4) is 6.07 Å². The van der Waals surface area contributed by atoms with E-state index in [0.29, 0.717) is 25.3 Å². The van der Waals surface area contributed by atoms with Crippen LogP contribution in [-0.4, -0.2) is 23.2 Å². The number of hydrogen-bond donors (Lipinski definition) is 0. The second-order valence-corrected chi connectivity index (χ2v) is 3.47. The third-order valence-electron chi connectivity index (χ3n) is 2.35. The van der Waals surface area contributed by atoms with Crippen molar-refractivity contribution < 1.29 is 4.79 Å². The molecule has 0 aromatic carbocycles. The van der Waals surface area contributed by atoms with Crippen molar-refractivity contribution in [1.29, 1.82) is 5.26 Å². The van der Waals surface area contributed by atoms with Crippen LogP contribution in [0.3, 0.4) is 0 Å². The number of carbonyl (C=O) groups is 1. The summed E-state index contributed by atoms with van der Waals surface area (Å²) in [5.41, 5.74) is 1.03. The number of carbonyl (C=O) groups excluding carboxylic acids is 1. The first-order chi connectivity index (χ1) is 6.31. The Morgan fingerprint density at radius 1 is 1.62 bits per heavy atom. The van der Waals surface area contributed by atoms with E-state index in [2.05, 4.69) is 5.10 Å². The molecule has 1 aliphatic carbocycles. The maximum Gasteiger partial charge on any atom is 0.248 e. The van der Waals surface area contributed by atoms with E-state index >= 15 is 0 Å². The smallest absolute Gasteiger partial charge is 0.248 e. The van der Waals surface area contributed by atoms with Gasteiger partial charge in [0.2, 0.25) is 5.91 Å². The average Bonchev–Trinajstić information content (AvgIpc) is 2.89. The van der Waals surface area contributed by atoms with Gasteiger partial charge in [-0.15, -0.1) is 0 Å². The van der Waals surface area contributed by atoms with Gasteiger partial charge in [0.05, 0.1) is 31.2 Å². The Morgan fingerprint density at radius 3 is 3.00 bits per heavy atom. The molecule has 0 aromatic rings. The largest absolute Gasteiger partial charge is 0.273 e. The van der Waals surface area contributed by atoms with E-state index in [4.69, 9.17) is 5.26 Å². The second kappa shape index (κ2) is 3.17. The summed E-state index contributed by atoms with van der Waals surface area (Å²) in [6.07, 6.45) is 3.21. The minimum Gasteiger partial charge on any atom is -0.273 e. The lowest BCUT2D eigenvalue weighted by Crippen LogP contribution is -2.21. The molecule has 13 heavy (non-hydrogen) atoms. The molecule has 1 fully saturated rings. The Bertz CT molecular complexity index is 298. The number of nitrogens with zero attached hydrogens (tertiary/aromatic N) is 3. The van der Waals surface area contributed by atoms with Crippen LogP contribution in [-0.2, 0) is 4.79 Å². The summed E-state index contributed by atoms with van der Waals surface area (Å²) in [7, 11) is 0. The van der Waals surface area contributed by atoms with Crippen molar-refractivity contribution in [2.24, 2.45) is 11.0 Å². The lowest BCUT2D eigenvalue weighted by atomic mass is 10.2. The molecule has 1 heterocycles. The van der Waals surface area contributed by atoms with Gasteiger partial charge in [-0.25, -0.2) is 5.01 Å². The van der Waals surface area contributed by atoms with E-state index in [0.717, 1.165) is 5.71 Å². The van der Waals surface area contributed by atoms with Gasteiger partial charge in [0.25, 0.3) is 0 Å². The molecule has 0 radical (unpaired) electrons. The fourth-order valence-corrected chi connectivity index (χ4v) is 1.47. The van der Waals surface area contributed by atoms with Crippen LogP contribution in [0, 0.1) is 17.2 Å². The number of hydrazone groups is 1. The van der Waals surface area contributed by atoms with Gasteiger partial charge in [-0.2, -0.15) is 10.4 Å². The van der Waals surface area contributed by atoms with Gasteiger partial charge in [0.1, 0.15) is 0 Å². The molecule has 0 atom stereocenters. The van der Waals surface area contributed by atoms with Gasteiger partial charge in [-0.05, 0) is 18.8 Å². The Labute approximate surface area is 76.8 Å². The van der Waals surface area contributed by atoms with Crippen LogP contribution >= 0.6 is 0 Å². The highest BCUT2D eigenvalue weighted by Gasteiger charge is 2.34. The molecular formula is C9H11N3O. The van der Waals surface area contributed by atoms with Crippen molar-refractivity contribution in [1.82, 2.24) is 5.01 Å². The fraction of sp³-hybridized carbons (Fsp3) is 0.667. The number of hydrogen-bond acceptors (Lipinski definition) is 3. The van der Waals surface area contributed by atoms with E-state index in [1.54, 1.807) is 0 Å². The summed E-state index contributed by atoms with van der Waals surface area (Å²) in [5, 5.41) is 14.0. The molecule has 4 heteroatoms. The van der Waals surface area contributed by atoms with Crippen LogP contribution in [0.5, 0.6) is 0 Å². The van der Waals surface area contributed by atoms with Gasteiger partial charge in [-0.3, -0.25) is 4.79 Å². The van der Waals surface area contributed by atoms with Gasteiger partial charge in [0, 0.05) is 0 Å². The van der Waals surface area contributed by atoms with E-state index in [1.165, 1.54) is 17.9 Å². The Morgan fingerprint density at radius 2 is 2.38 bits per heavy atom. The topological polar surface area (TPSA) is 56.5 Å². The highest BCUT2D eigenvalue weighted by atomic mass is 16.2. The quantitative estimate of drug-likeness (QED) is 0.643. The summed E-state index contributed by atoms with van der Waals surface area (Å²) in [6, 6.07) is 2.01. The molecule has 1 aliphatic heterocycles. The van der Waals surface area contributed by atoms with Crippen molar-refractivity contribution in [3.05, 3.63) is 0 Å². The predicted octanol–water partition coefficient (Wildman–Crippen LogP) is 0.898. The summed E-state index contributed by atoms with van der Waals surface area (Å²) in [6.45, 7) is 0.450. The van der Waals surface area contributed by atoms with E-state index in [-0.39, 0.29) is 5.91 Å². The molecular weight excluding hydrogens is 166 g/mol. The molecule has 0 aromatic heterocycles. The average molecular weight is 177 g/mol. The van der Waals surface area contributed by atoms with E-state index in [9.17, 15) is 4.79 Å². The van der Waals surface area contributed by atoms with Crippen LogP contribution in [0.25, 0.3) is 0 Å². The van der Waals surface area contributed by atoms with Crippen LogP contribution < -0.4 is 0 Å². The minimum atomic E-state index is 0.0529. The molecule has 2 aliphatic rings. The van der Waals surface area contributed by atoms with Gasteiger partial charge >= 0.3 is 0 Å². The van der Waals surface area contributed by atoms with Gasteiger partial charge in [0.15, 0.2) is 0 Å².